The number of nitrogens with zero attached hydrogens (tertiary/aromatic N) is 2. The van der Waals surface area contributed by atoms with Crippen LogP contribution in [0.5, 0.6) is 5.75 Å². The summed E-state index contributed by atoms with van der Waals surface area (Å²) in [6.45, 7) is 6.44. The van der Waals surface area contributed by atoms with Crippen LogP contribution in [0.4, 0.5) is 4.79 Å². The van der Waals surface area contributed by atoms with E-state index in [0.717, 1.165) is 61.4 Å². The van der Waals surface area contributed by atoms with Gasteiger partial charge in [-0.15, -0.1) is 0 Å². The fourth-order valence-corrected chi connectivity index (χ4v) is 8.79. The second-order valence-electron chi connectivity index (χ2n) is 15.9. The predicted molar refractivity (Wildman–Crippen MR) is 196 cm³/mol. The van der Waals surface area contributed by atoms with E-state index < -0.39 is 29.3 Å². The summed E-state index contributed by atoms with van der Waals surface area (Å²) >= 11 is 1.45. The minimum absolute atomic E-state index is 0.0272. The maximum atomic E-state index is 14.6. The Kier molecular flexibility index (Phi) is 9.99. The topological polar surface area (TPSA) is 139 Å². The number of alkyl carbamates (subject to hydrolysis) is 1. The van der Waals surface area contributed by atoms with E-state index in [1.807, 2.05) is 38.1 Å². The molecule has 1 aromatic heterocycles. The highest BCUT2D eigenvalue weighted by Gasteiger charge is 2.58. The molecule has 1 aromatic carbocycles. The maximum absolute atomic E-state index is 14.6. The fourth-order valence-electron chi connectivity index (χ4n) is 7.96. The highest BCUT2D eigenvalue weighted by Crippen LogP contribution is 2.48. The van der Waals surface area contributed by atoms with E-state index in [-0.39, 0.29) is 53.9 Å². The normalized spacial score (nSPS) is 30.7. The summed E-state index contributed by atoms with van der Waals surface area (Å²) in [5, 5.41) is 7.09. The molecule has 11 nitrogen and oxygen atoms in total. The van der Waals surface area contributed by atoms with Gasteiger partial charge in [0.05, 0.1) is 24.9 Å². The second-order valence-corrected chi connectivity index (χ2v) is 17.3. The number of benzene rings is 1. The van der Waals surface area contributed by atoms with Crippen LogP contribution in [0.1, 0.15) is 97.0 Å². The van der Waals surface area contributed by atoms with Gasteiger partial charge in [-0.2, -0.15) is 0 Å². The van der Waals surface area contributed by atoms with Crippen LogP contribution in [0.2, 0.25) is 0 Å². The number of nitrogens with one attached hydrogen (secondary N) is 3. The van der Waals surface area contributed by atoms with E-state index in [9.17, 15) is 19.2 Å². The van der Waals surface area contributed by atoms with Crippen LogP contribution in [0.3, 0.4) is 0 Å². The number of para-hydroxylation sites is 1. The molecule has 4 amide bonds. The van der Waals surface area contributed by atoms with E-state index in [1.54, 1.807) is 11.1 Å². The number of carbonyl (C=O) groups is 4. The van der Waals surface area contributed by atoms with Gasteiger partial charge in [0, 0.05) is 28.0 Å². The van der Waals surface area contributed by atoms with Gasteiger partial charge in [0.1, 0.15) is 29.0 Å². The summed E-state index contributed by atoms with van der Waals surface area (Å²) in [6.07, 6.45) is 14.0. The number of fused-ring (bicyclic) bond motifs is 5. The molecule has 0 bridgehead atoms. The van der Waals surface area contributed by atoms with Crippen molar-refractivity contribution >= 4 is 46.7 Å². The van der Waals surface area contributed by atoms with Crippen molar-refractivity contribution in [2.45, 2.75) is 126 Å². The largest absolute Gasteiger partial charge is 0.483 e. The molecule has 0 unspecified atom stereocenters. The third-order valence-corrected chi connectivity index (χ3v) is 12.6. The van der Waals surface area contributed by atoms with Crippen LogP contribution in [0, 0.1) is 11.8 Å². The molecule has 2 aromatic rings. The number of aryl methyl sites for hydroxylation is 1. The molecule has 5 aliphatic rings. The third kappa shape index (κ3) is 7.43. The Morgan fingerprint density at radius 3 is 2.71 bits per heavy atom. The molecule has 2 aliphatic carbocycles. The molecular formula is C39H51N5O6S. The number of rotatable bonds is 6. The second kappa shape index (κ2) is 14.3. The van der Waals surface area contributed by atoms with Crippen molar-refractivity contribution in [3.8, 4) is 5.75 Å². The van der Waals surface area contributed by atoms with Crippen molar-refractivity contribution in [2.75, 3.05) is 13.2 Å². The lowest BCUT2D eigenvalue weighted by atomic mass is 9.65. The molecule has 3 N–H and O–H groups in total. The smallest absolute Gasteiger partial charge is 0.407 e. The zero-order valence-corrected chi connectivity index (χ0v) is 30.8. The quantitative estimate of drug-likeness (QED) is 0.254. The lowest BCUT2D eigenvalue weighted by Crippen LogP contribution is -2.69. The molecule has 51 heavy (non-hydrogen) atoms. The zero-order chi connectivity index (χ0) is 35.8. The molecule has 0 radical (unpaired) electrons. The van der Waals surface area contributed by atoms with Gasteiger partial charge in [0.25, 0.3) is 5.91 Å². The summed E-state index contributed by atoms with van der Waals surface area (Å²) in [4.78, 5) is 62.5. The first-order chi connectivity index (χ1) is 24.5. The minimum Gasteiger partial charge on any atom is -0.483 e. The molecule has 3 fully saturated rings. The molecule has 274 valence electrons. The standard InChI is InChI=1S/C39H51N5O6S/c1-25(2)23-49-36(48)41-30-14-8-6-4-5-7-11-26-15-18-39(26,35(47)43-51-37(3)19-20-37)42-33(45)31-21-38(24-44(31)34(30)46)17-16-28-27-12-9-10-13-29(27)40-22-32(28)50-38/h7,9-13,22,25-26,30-31H,4-6,8,14-21,23-24H2,1-3H3,(H,41,48)(H,42,45)(H,43,47)/b11-7-/t26-,30+,31+,38-,39-/m1/s1. The molecule has 3 aliphatic heterocycles. The van der Waals surface area contributed by atoms with Crippen molar-refractivity contribution in [3.63, 3.8) is 0 Å². The third-order valence-electron chi connectivity index (χ3n) is 11.4. The van der Waals surface area contributed by atoms with E-state index in [0.29, 0.717) is 31.4 Å². The molecule has 4 heterocycles. The highest BCUT2D eigenvalue weighted by atomic mass is 32.2. The number of ether oxygens (including phenoxy) is 2. The van der Waals surface area contributed by atoms with E-state index in [2.05, 4.69) is 39.4 Å². The summed E-state index contributed by atoms with van der Waals surface area (Å²) in [7, 11) is 0. The number of allylic oxidation sites excluding steroid dienone is 1. The van der Waals surface area contributed by atoms with Gasteiger partial charge < -0.3 is 25.0 Å². The zero-order valence-electron chi connectivity index (χ0n) is 30.0. The van der Waals surface area contributed by atoms with Crippen molar-refractivity contribution in [1.82, 2.24) is 25.2 Å². The number of amides is 4. The highest BCUT2D eigenvalue weighted by molar-refractivity contribution is 7.99. The Morgan fingerprint density at radius 1 is 1.12 bits per heavy atom. The molecule has 5 atom stereocenters. The average molecular weight is 718 g/mol. The van der Waals surface area contributed by atoms with Gasteiger partial charge in [-0.25, -0.2) is 4.79 Å². The Morgan fingerprint density at radius 2 is 1.94 bits per heavy atom. The Balaban J connectivity index is 1.20. The Bertz CT molecular complexity index is 1710. The summed E-state index contributed by atoms with van der Waals surface area (Å²) in [5.41, 5.74) is 0.00966. The van der Waals surface area contributed by atoms with Crippen LogP contribution >= 0.6 is 11.9 Å². The lowest BCUT2D eigenvalue weighted by Gasteiger charge is -2.48. The van der Waals surface area contributed by atoms with Crippen LogP contribution in [0.15, 0.2) is 42.6 Å². The number of aromatic nitrogens is 1. The summed E-state index contributed by atoms with van der Waals surface area (Å²) in [6, 6.07) is 6.19. The van der Waals surface area contributed by atoms with Crippen molar-refractivity contribution in [1.29, 1.82) is 0 Å². The first-order valence-corrected chi connectivity index (χ1v) is 19.6. The van der Waals surface area contributed by atoms with Crippen LogP contribution in [-0.2, 0) is 25.5 Å². The number of hydrogen-bond acceptors (Lipinski definition) is 8. The van der Waals surface area contributed by atoms with Gasteiger partial charge in [-0.05, 0) is 88.6 Å². The van der Waals surface area contributed by atoms with Gasteiger partial charge in [-0.1, -0.05) is 57.0 Å². The average Bonchev–Trinajstić information content (AvgIpc) is 3.74. The van der Waals surface area contributed by atoms with Crippen molar-refractivity contribution in [2.24, 2.45) is 11.8 Å². The first kappa shape index (κ1) is 35.6. The molecule has 7 rings (SSSR count). The molecule has 1 spiro atoms. The van der Waals surface area contributed by atoms with Crippen LogP contribution in [0.25, 0.3) is 10.9 Å². The SMILES string of the molecule is CC(C)COC(=O)N[C@H]1CCCCC/C=C\[C@@H]2CC[C@@]2(C(=O)NSC2(C)CC2)NC(=O)[C@@H]2C[C@]3(CCc4c(cnc5ccccc45)O3)CN2C1=O. The summed E-state index contributed by atoms with van der Waals surface area (Å²) < 4.78 is 15.3. The van der Waals surface area contributed by atoms with E-state index in [4.69, 9.17) is 9.47 Å². The Labute approximate surface area is 304 Å². The van der Waals surface area contributed by atoms with Gasteiger partial charge in [0.2, 0.25) is 11.8 Å². The lowest BCUT2D eigenvalue weighted by molar-refractivity contribution is -0.144. The summed E-state index contributed by atoms with van der Waals surface area (Å²) in [5.74, 6) is -0.263. The minimum atomic E-state index is -1.11. The van der Waals surface area contributed by atoms with Gasteiger partial charge >= 0.3 is 6.09 Å². The number of hydrogen-bond donors (Lipinski definition) is 3. The molecule has 1 saturated heterocycles. The number of pyridine rings is 1. The van der Waals surface area contributed by atoms with Crippen molar-refractivity contribution in [3.05, 3.63) is 48.2 Å². The van der Waals surface area contributed by atoms with Crippen LogP contribution in [-0.4, -0.2) is 74.8 Å². The Hall–Kier alpha value is -3.80. The van der Waals surface area contributed by atoms with Crippen LogP contribution < -0.4 is 20.1 Å². The molecule has 12 heteroatoms. The molecular weight excluding hydrogens is 667 g/mol. The van der Waals surface area contributed by atoms with E-state index >= 15 is 0 Å². The predicted octanol–water partition coefficient (Wildman–Crippen LogP) is 5.75. The monoisotopic (exact) mass is 717 g/mol. The van der Waals surface area contributed by atoms with Gasteiger partial charge in [0.15, 0.2) is 0 Å². The first-order valence-electron chi connectivity index (χ1n) is 18.8. The van der Waals surface area contributed by atoms with E-state index in [1.165, 1.54) is 11.9 Å². The molecule has 2 saturated carbocycles. The number of carbonyl (C=O) groups excluding carboxylic acids is 4. The van der Waals surface area contributed by atoms with Gasteiger partial charge in [-0.3, -0.25) is 24.1 Å². The fraction of sp³-hybridized carbons (Fsp3) is 0.615. The maximum Gasteiger partial charge on any atom is 0.407 e. The van der Waals surface area contributed by atoms with Crippen molar-refractivity contribution < 1.29 is 28.7 Å².